The molecule has 2 atom stereocenters. The van der Waals surface area contributed by atoms with Crippen LogP contribution in [0.2, 0.25) is 0 Å². The van der Waals surface area contributed by atoms with Crippen LogP contribution in [0.25, 0.3) is 0 Å². The molecule has 1 aromatic rings. The minimum Gasteiger partial charge on any atom is -0.379 e. The van der Waals surface area contributed by atoms with Gasteiger partial charge < -0.3 is 10.1 Å². The average Bonchev–Trinajstić information content (AvgIpc) is 3.02. The number of imide groups is 1. The van der Waals surface area contributed by atoms with E-state index in [0.29, 0.717) is 19.4 Å². The second kappa shape index (κ2) is 9.53. The van der Waals surface area contributed by atoms with Gasteiger partial charge in [-0.25, -0.2) is 0 Å². The van der Waals surface area contributed by atoms with E-state index in [9.17, 15) is 14.4 Å². The summed E-state index contributed by atoms with van der Waals surface area (Å²) in [5.74, 6) is -0.879. The van der Waals surface area contributed by atoms with Gasteiger partial charge in [0.2, 0.25) is 17.7 Å². The van der Waals surface area contributed by atoms with E-state index in [-0.39, 0.29) is 42.5 Å². The number of benzene rings is 1. The first-order valence-electron chi connectivity index (χ1n) is 10.8. The van der Waals surface area contributed by atoms with Gasteiger partial charge >= 0.3 is 0 Å². The molecule has 1 aliphatic carbocycles. The van der Waals surface area contributed by atoms with Gasteiger partial charge in [-0.15, -0.1) is 0 Å². The third kappa shape index (κ3) is 4.63. The van der Waals surface area contributed by atoms with Crippen LogP contribution >= 0.6 is 0 Å². The molecule has 2 heterocycles. The summed E-state index contributed by atoms with van der Waals surface area (Å²) in [5.41, 5.74) is 2.28. The normalized spacial score (nSPS) is 24.2. The number of nitrogens with zero attached hydrogens (tertiary/aromatic N) is 2. The number of nitrogens with one attached hydrogen (secondary N) is 1. The number of hydrogen-bond acceptors (Lipinski definition) is 5. The number of carbonyl (C=O) groups is 3. The Kier molecular flexibility index (Phi) is 6.59. The van der Waals surface area contributed by atoms with Gasteiger partial charge in [0.05, 0.1) is 25.0 Å². The topological polar surface area (TPSA) is 79.0 Å². The summed E-state index contributed by atoms with van der Waals surface area (Å²) in [6.07, 6.45) is 5.32. The van der Waals surface area contributed by atoms with E-state index in [1.54, 1.807) is 0 Å². The Labute approximate surface area is 177 Å². The van der Waals surface area contributed by atoms with Crippen LogP contribution in [0.1, 0.15) is 30.4 Å². The van der Waals surface area contributed by atoms with Crippen LogP contribution in [0.15, 0.2) is 36.4 Å². The van der Waals surface area contributed by atoms with Gasteiger partial charge in [0, 0.05) is 39.1 Å². The second-order valence-corrected chi connectivity index (χ2v) is 8.17. The fourth-order valence-electron chi connectivity index (χ4n) is 4.47. The summed E-state index contributed by atoms with van der Waals surface area (Å²) >= 11 is 0. The number of rotatable bonds is 7. The van der Waals surface area contributed by atoms with Crippen molar-refractivity contribution in [2.24, 2.45) is 11.8 Å². The van der Waals surface area contributed by atoms with Crippen LogP contribution in [0.4, 0.5) is 0 Å². The smallest absolute Gasteiger partial charge is 0.233 e. The lowest BCUT2D eigenvalue weighted by Gasteiger charge is -2.27. The summed E-state index contributed by atoms with van der Waals surface area (Å²) in [5, 5.41) is 2.95. The molecule has 160 valence electrons. The molecule has 7 heteroatoms. The predicted molar refractivity (Wildman–Crippen MR) is 111 cm³/mol. The van der Waals surface area contributed by atoms with Crippen LogP contribution in [0.3, 0.4) is 0 Å². The van der Waals surface area contributed by atoms with E-state index in [1.165, 1.54) is 10.5 Å². The van der Waals surface area contributed by atoms with E-state index in [1.807, 2.05) is 30.4 Å². The third-order valence-electron chi connectivity index (χ3n) is 6.25. The number of allylic oxidation sites excluding steroid dienone is 2. The van der Waals surface area contributed by atoms with Crippen molar-refractivity contribution in [1.29, 1.82) is 0 Å². The van der Waals surface area contributed by atoms with E-state index in [0.717, 1.165) is 38.4 Å². The van der Waals surface area contributed by atoms with E-state index >= 15 is 0 Å². The number of hydrogen-bond donors (Lipinski definition) is 1. The Bertz CT molecular complexity index is 805. The lowest BCUT2D eigenvalue weighted by atomic mass is 9.85. The highest BCUT2D eigenvalue weighted by Crippen LogP contribution is 2.34. The van der Waals surface area contributed by atoms with Gasteiger partial charge in [-0.1, -0.05) is 36.4 Å². The maximum atomic E-state index is 12.5. The van der Waals surface area contributed by atoms with Gasteiger partial charge in [0.1, 0.15) is 0 Å². The monoisotopic (exact) mass is 411 g/mol. The van der Waals surface area contributed by atoms with Crippen LogP contribution in [-0.2, 0) is 32.2 Å². The van der Waals surface area contributed by atoms with Crippen molar-refractivity contribution in [1.82, 2.24) is 15.1 Å². The van der Waals surface area contributed by atoms with Gasteiger partial charge in [0.25, 0.3) is 0 Å². The molecule has 0 bridgehead atoms. The van der Waals surface area contributed by atoms with Crippen molar-refractivity contribution in [2.75, 3.05) is 32.8 Å². The maximum Gasteiger partial charge on any atom is 0.233 e. The van der Waals surface area contributed by atoms with Crippen molar-refractivity contribution in [2.45, 2.75) is 32.4 Å². The largest absolute Gasteiger partial charge is 0.379 e. The highest BCUT2D eigenvalue weighted by molar-refractivity contribution is 6.05. The number of amides is 3. The second-order valence-electron chi connectivity index (χ2n) is 8.17. The molecule has 0 aromatic heterocycles. The number of ether oxygens (including phenoxy) is 1. The highest BCUT2D eigenvalue weighted by Gasteiger charge is 2.46. The van der Waals surface area contributed by atoms with Crippen molar-refractivity contribution in [3.05, 3.63) is 47.5 Å². The van der Waals surface area contributed by atoms with Gasteiger partial charge in [-0.05, 0) is 24.0 Å². The summed E-state index contributed by atoms with van der Waals surface area (Å²) in [6, 6.07) is 8.11. The van der Waals surface area contributed by atoms with Crippen molar-refractivity contribution < 1.29 is 19.1 Å². The molecule has 2 saturated heterocycles. The minimum atomic E-state index is -0.238. The Morgan fingerprint density at radius 2 is 1.63 bits per heavy atom. The number of morpholine rings is 1. The van der Waals surface area contributed by atoms with Gasteiger partial charge in [-0.3, -0.25) is 24.2 Å². The molecule has 7 nitrogen and oxygen atoms in total. The van der Waals surface area contributed by atoms with Crippen LogP contribution in [0.5, 0.6) is 0 Å². The molecule has 4 rings (SSSR count). The van der Waals surface area contributed by atoms with Gasteiger partial charge in [-0.2, -0.15) is 0 Å². The van der Waals surface area contributed by atoms with Crippen molar-refractivity contribution >= 4 is 17.7 Å². The summed E-state index contributed by atoms with van der Waals surface area (Å²) < 4.78 is 5.41. The zero-order valence-electron chi connectivity index (χ0n) is 17.2. The Morgan fingerprint density at radius 1 is 1.00 bits per heavy atom. The summed E-state index contributed by atoms with van der Waals surface area (Å²) in [7, 11) is 0. The molecule has 0 saturated carbocycles. The molecule has 0 unspecified atom stereocenters. The first-order valence-corrected chi connectivity index (χ1v) is 10.8. The third-order valence-corrected chi connectivity index (χ3v) is 6.25. The van der Waals surface area contributed by atoms with Crippen LogP contribution in [-0.4, -0.2) is 60.4 Å². The number of fused-ring (bicyclic) bond motifs is 1. The summed E-state index contributed by atoms with van der Waals surface area (Å²) in [6.45, 7) is 4.77. The molecular weight excluding hydrogens is 382 g/mol. The first-order chi connectivity index (χ1) is 14.6. The van der Waals surface area contributed by atoms with Gasteiger partial charge in [0.15, 0.2) is 0 Å². The van der Waals surface area contributed by atoms with Crippen LogP contribution < -0.4 is 5.32 Å². The lowest BCUT2D eigenvalue weighted by molar-refractivity contribution is -0.140. The fraction of sp³-hybridized carbons (Fsp3) is 0.522. The first kappa shape index (κ1) is 20.8. The zero-order chi connectivity index (χ0) is 20.9. The minimum absolute atomic E-state index is 0.127. The molecule has 3 amide bonds. The number of carbonyl (C=O) groups excluding carboxylic acids is 3. The van der Waals surface area contributed by atoms with Crippen molar-refractivity contribution in [3.63, 3.8) is 0 Å². The van der Waals surface area contributed by atoms with E-state index in [2.05, 4.69) is 16.3 Å². The molecule has 1 N–H and O–H groups in total. The highest BCUT2D eigenvalue weighted by atomic mass is 16.5. The molecule has 1 aromatic carbocycles. The fourth-order valence-corrected chi connectivity index (χ4v) is 4.47. The SMILES string of the molecule is O=C(CCN1C(=O)[C@@H]2CC=CC[C@H]2C1=O)NCc1ccccc1CN1CCOCC1. The van der Waals surface area contributed by atoms with E-state index in [4.69, 9.17) is 4.74 Å². The predicted octanol–water partition coefficient (Wildman–Crippen LogP) is 1.48. The number of likely N-dealkylation sites (tertiary alicyclic amines) is 1. The molecule has 2 fully saturated rings. The molecule has 30 heavy (non-hydrogen) atoms. The molecular formula is C23H29N3O4. The molecule has 0 radical (unpaired) electrons. The van der Waals surface area contributed by atoms with E-state index < -0.39 is 0 Å². The average molecular weight is 412 g/mol. The molecule has 0 spiro atoms. The zero-order valence-corrected chi connectivity index (χ0v) is 17.2. The van der Waals surface area contributed by atoms with Crippen molar-refractivity contribution in [3.8, 4) is 0 Å². The molecule has 3 aliphatic rings. The maximum absolute atomic E-state index is 12.5. The quantitative estimate of drug-likeness (QED) is 0.543. The molecule has 2 aliphatic heterocycles. The Morgan fingerprint density at radius 3 is 2.30 bits per heavy atom. The Hall–Kier alpha value is -2.51. The summed E-state index contributed by atoms with van der Waals surface area (Å²) in [4.78, 5) is 41.0. The standard InChI is InChI=1S/C23H29N3O4/c27-21(9-10-26-22(28)19-7-3-4-8-20(19)23(26)29)24-15-17-5-1-2-6-18(17)16-25-11-13-30-14-12-25/h1-6,19-20H,7-16H2,(H,24,27)/t19-,20-/m1/s1. The lowest BCUT2D eigenvalue weighted by Crippen LogP contribution is -2.36. The van der Waals surface area contributed by atoms with Crippen LogP contribution in [0, 0.1) is 11.8 Å². The Balaban J connectivity index is 1.27.